The van der Waals surface area contributed by atoms with Crippen molar-refractivity contribution in [2.75, 3.05) is 26.2 Å². The Balaban J connectivity index is 1.50. The molecule has 0 spiro atoms. The van der Waals surface area contributed by atoms with Crippen LogP contribution in [0.5, 0.6) is 0 Å². The van der Waals surface area contributed by atoms with Crippen molar-refractivity contribution < 1.29 is 0 Å². The van der Waals surface area contributed by atoms with E-state index in [9.17, 15) is 0 Å². The normalized spacial score (nSPS) is 25.2. The van der Waals surface area contributed by atoms with Gasteiger partial charge in [0.05, 0.1) is 0 Å². The van der Waals surface area contributed by atoms with E-state index in [0.29, 0.717) is 0 Å². The van der Waals surface area contributed by atoms with Gasteiger partial charge in [0.25, 0.3) is 0 Å². The van der Waals surface area contributed by atoms with Crippen LogP contribution < -0.4 is 5.32 Å². The number of rotatable bonds is 5. The molecule has 2 aliphatic rings. The number of piperidine rings is 1. The first kappa shape index (κ1) is 14.3. The second-order valence-corrected chi connectivity index (χ2v) is 6.52. The van der Waals surface area contributed by atoms with Gasteiger partial charge in [-0.15, -0.1) is 0 Å². The van der Waals surface area contributed by atoms with Crippen molar-refractivity contribution in [2.24, 2.45) is 5.92 Å². The van der Waals surface area contributed by atoms with Crippen LogP contribution in [0.25, 0.3) is 0 Å². The van der Waals surface area contributed by atoms with Gasteiger partial charge in [-0.25, -0.2) is 0 Å². The molecule has 2 nitrogen and oxygen atoms in total. The van der Waals surface area contributed by atoms with Crippen molar-refractivity contribution in [3.8, 4) is 0 Å². The average molecular weight is 252 g/mol. The predicted molar refractivity (Wildman–Crippen MR) is 78.9 cm³/mol. The van der Waals surface area contributed by atoms with Crippen LogP contribution in [0, 0.1) is 5.92 Å². The third-order valence-electron chi connectivity index (χ3n) is 4.82. The van der Waals surface area contributed by atoms with Crippen LogP contribution in [0.15, 0.2) is 0 Å². The lowest BCUT2D eigenvalue weighted by Gasteiger charge is -2.30. The Bertz CT molecular complexity index is 201. The van der Waals surface area contributed by atoms with Crippen LogP contribution in [0.4, 0.5) is 0 Å². The van der Waals surface area contributed by atoms with E-state index in [0.717, 1.165) is 12.0 Å². The monoisotopic (exact) mass is 252 g/mol. The Kier molecular flexibility index (Phi) is 6.50. The molecule has 0 radical (unpaired) electrons. The summed E-state index contributed by atoms with van der Waals surface area (Å²) >= 11 is 0. The highest BCUT2D eigenvalue weighted by Crippen LogP contribution is 2.17. The fourth-order valence-electron chi connectivity index (χ4n) is 3.38. The van der Waals surface area contributed by atoms with Gasteiger partial charge in [-0.1, -0.05) is 32.6 Å². The maximum Gasteiger partial charge on any atom is 0.00670 e. The van der Waals surface area contributed by atoms with Crippen molar-refractivity contribution in [1.29, 1.82) is 0 Å². The number of nitrogens with zero attached hydrogens (tertiary/aromatic N) is 1. The molecule has 0 unspecified atom stereocenters. The van der Waals surface area contributed by atoms with E-state index >= 15 is 0 Å². The predicted octanol–water partition coefficient (Wildman–Crippen LogP) is 3.42. The number of nitrogens with one attached hydrogen (secondary N) is 1. The van der Waals surface area contributed by atoms with Crippen LogP contribution >= 0.6 is 0 Å². The highest BCUT2D eigenvalue weighted by molar-refractivity contribution is 4.72. The third kappa shape index (κ3) is 5.27. The topological polar surface area (TPSA) is 15.3 Å². The molecule has 1 saturated carbocycles. The van der Waals surface area contributed by atoms with E-state index in [2.05, 4.69) is 17.1 Å². The average Bonchev–Trinajstić information content (AvgIpc) is 2.65. The first-order valence-electron chi connectivity index (χ1n) is 8.30. The van der Waals surface area contributed by atoms with Gasteiger partial charge in [-0.3, -0.25) is 0 Å². The maximum absolute atomic E-state index is 3.78. The molecule has 2 rings (SSSR count). The summed E-state index contributed by atoms with van der Waals surface area (Å²) in [5.74, 6) is 0.963. The van der Waals surface area contributed by atoms with E-state index in [-0.39, 0.29) is 0 Å². The van der Waals surface area contributed by atoms with Gasteiger partial charge in [-0.05, 0) is 64.2 Å². The van der Waals surface area contributed by atoms with Gasteiger partial charge in [0.15, 0.2) is 0 Å². The minimum atomic E-state index is 0.828. The molecular weight excluding hydrogens is 220 g/mol. The first-order valence-corrected chi connectivity index (χ1v) is 8.30. The molecule has 1 heterocycles. The molecule has 0 atom stereocenters. The number of likely N-dealkylation sites (tertiary alicyclic amines) is 1. The molecule has 18 heavy (non-hydrogen) atoms. The summed E-state index contributed by atoms with van der Waals surface area (Å²) in [6.45, 7) is 7.61. The number of hydrogen-bond donors (Lipinski definition) is 1. The summed E-state index contributed by atoms with van der Waals surface area (Å²) in [6.07, 6.45) is 12.8. The minimum Gasteiger partial charge on any atom is -0.314 e. The second kappa shape index (κ2) is 8.16. The van der Waals surface area contributed by atoms with E-state index in [4.69, 9.17) is 0 Å². The van der Waals surface area contributed by atoms with Crippen LogP contribution in [0.3, 0.4) is 0 Å². The second-order valence-electron chi connectivity index (χ2n) is 6.52. The van der Waals surface area contributed by atoms with Gasteiger partial charge >= 0.3 is 0 Å². The fraction of sp³-hybridized carbons (Fsp3) is 1.00. The highest BCUT2D eigenvalue weighted by atomic mass is 15.1. The summed E-state index contributed by atoms with van der Waals surface area (Å²) in [5, 5.41) is 3.78. The molecule has 1 aliphatic carbocycles. The van der Waals surface area contributed by atoms with Gasteiger partial charge in [0.1, 0.15) is 0 Å². The third-order valence-corrected chi connectivity index (χ3v) is 4.82. The Labute approximate surface area is 114 Å². The van der Waals surface area contributed by atoms with Crippen LogP contribution in [0.2, 0.25) is 0 Å². The molecule has 0 amide bonds. The van der Waals surface area contributed by atoms with Crippen molar-refractivity contribution in [3.63, 3.8) is 0 Å². The van der Waals surface area contributed by atoms with Crippen molar-refractivity contribution in [2.45, 2.75) is 70.8 Å². The zero-order valence-electron chi connectivity index (χ0n) is 12.3. The van der Waals surface area contributed by atoms with Crippen molar-refractivity contribution in [1.82, 2.24) is 10.2 Å². The molecule has 1 N–H and O–H groups in total. The first-order chi connectivity index (χ1) is 8.84. The molecular formula is C16H32N2. The zero-order valence-corrected chi connectivity index (χ0v) is 12.3. The quantitative estimate of drug-likeness (QED) is 0.596. The lowest BCUT2D eigenvalue weighted by atomic mass is 9.99. The molecule has 0 aromatic carbocycles. The SMILES string of the molecule is CC1CCN(CCCNC2CCCCCC2)CC1. The molecule has 0 aromatic heterocycles. The summed E-state index contributed by atoms with van der Waals surface area (Å²) in [7, 11) is 0. The maximum atomic E-state index is 3.78. The number of hydrogen-bond acceptors (Lipinski definition) is 2. The highest BCUT2D eigenvalue weighted by Gasteiger charge is 2.15. The van der Waals surface area contributed by atoms with E-state index in [1.165, 1.54) is 84.0 Å². The van der Waals surface area contributed by atoms with Crippen LogP contribution in [-0.4, -0.2) is 37.1 Å². The standard InChI is InChI=1S/C16H32N2/c1-15-9-13-18(14-10-15)12-6-11-17-16-7-4-2-3-5-8-16/h15-17H,2-14H2,1H3. The lowest BCUT2D eigenvalue weighted by molar-refractivity contribution is 0.189. The summed E-state index contributed by atoms with van der Waals surface area (Å²) in [5.41, 5.74) is 0. The molecule has 106 valence electrons. The van der Waals surface area contributed by atoms with Crippen molar-refractivity contribution >= 4 is 0 Å². The molecule has 1 aliphatic heterocycles. The molecule has 2 fully saturated rings. The molecule has 1 saturated heterocycles. The Morgan fingerprint density at radius 2 is 1.61 bits per heavy atom. The van der Waals surface area contributed by atoms with Gasteiger partial charge < -0.3 is 10.2 Å². The van der Waals surface area contributed by atoms with E-state index < -0.39 is 0 Å². The molecule has 0 aromatic rings. The van der Waals surface area contributed by atoms with Gasteiger partial charge in [0, 0.05) is 6.04 Å². The Morgan fingerprint density at radius 1 is 0.944 bits per heavy atom. The lowest BCUT2D eigenvalue weighted by Crippen LogP contribution is -2.36. The van der Waals surface area contributed by atoms with Gasteiger partial charge in [-0.2, -0.15) is 0 Å². The van der Waals surface area contributed by atoms with Gasteiger partial charge in [0.2, 0.25) is 0 Å². The molecule has 2 heteroatoms. The molecule has 0 bridgehead atoms. The smallest absolute Gasteiger partial charge is 0.00670 e. The van der Waals surface area contributed by atoms with Crippen molar-refractivity contribution in [3.05, 3.63) is 0 Å². The Morgan fingerprint density at radius 3 is 2.28 bits per heavy atom. The summed E-state index contributed by atoms with van der Waals surface area (Å²) in [6, 6.07) is 0.828. The minimum absolute atomic E-state index is 0.828. The Hall–Kier alpha value is -0.0800. The summed E-state index contributed by atoms with van der Waals surface area (Å²) in [4.78, 5) is 2.66. The van der Waals surface area contributed by atoms with E-state index in [1.807, 2.05) is 0 Å². The largest absolute Gasteiger partial charge is 0.314 e. The zero-order chi connectivity index (χ0) is 12.6. The summed E-state index contributed by atoms with van der Waals surface area (Å²) < 4.78 is 0. The van der Waals surface area contributed by atoms with E-state index in [1.54, 1.807) is 0 Å². The fourth-order valence-corrected chi connectivity index (χ4v) is 3.38. The van der Waals surface area contributed by atoms with Crippen LogP contribution in [-0.2, 0) is 0 Å². The van der Waals surface area contributed by atoms with Crippen LogP contribution in [0.1, 0.15) is 64.7 Å².